The lowest BCUT2D eigenvalue weighted by molar-refractivity contribution is -0.140. The fourth-order valence-electron chi connectivity index (χ4n) is 2.89. The van der Waals surface area contributed by atoms with Gasteiger partial charge in [0.15, 0.2) is 0 Å². The van der Waals surface area contributed by atoms with Crippen LogP contribution in [0, 0.1) is 0 Å². The van der Waals surface area contributed by atoms with Crippen molar-refractivity contribution in [2.75, 3.05) is 93.1 Å². The van der Waals surface area contributed by atoms with Crippen molar-refractivity contribution in [2.24, 2.45) is 0 Å². The van der Waals surface area contributed by atoms with E-state index in [9.17, 15) is 19.2 Å². The predicted molar refractivity (Wildman–Crippen MR) is 123 cm³/mol. The number of nitrogens with zero attached hydrogens (tertiary/aromatic N) is 2. The third-order valence-corrected chi connectivity index (χ3v) is 4.84. The Balaban J connectivity index is 0.000000351. The van der Waals surface area contributed by atoms with Crippen molar-refractivity contribution in [2.45, 2.75) is 6.42 Å². The highest BCUT2D eigenvalue weighted by Gasteiger charge is 2.11. The van der Waals surface area contributed by atoms with E-state index in [1.807, 2.05) is 0 Å². The van der Waals surface area contributed by atoms with Gasteiger partial charge in [0.2, 0.25) is 0 Å². The number of morpholine rings is 2. The summed E-state index contributed by atoms with van der Waals surface area (Å²) in [6, 6.07) is 0. The first kappa shape index (κ1) is 30.2. The van der Waals surface area contributed by atoms with Crippen LogP contribution >= 0.6 is 0 Å². The van der Waals surface area contributed by atoms with Crippen LogP contribution in [0.25, 0.3) is 0 Å². The molecule has 12 heteroatoms. The fraction of sp³-hybridized carbons (Fsp3) is 0.652. The zero-order valence-electron chi connectivity index (χ0n) is 20.5. The second-order valence-electron chi connectivity index (χ2n) is 7.31. The van der Waals surface area contributed by atoms with Crippen LogP contribution in [0.15, 0.2) is 24.3 Å². The van der Waals surface area contributed by atoms with E-state index >= 15 is 0 Å². The minimum absolute atomic E-state index is 0.310. The SMILES string of the molecule is COC(=O)/C=C/C(=O)OCCCN1CCOCC1.COC(=O)/C=C/C(=O)OCCN1CCOCC1. The van der Waals surface area contributed by atoms with E-state index in [-0.39, 0.29) is 0 Å². The minimum atomic E-state index is -0.574. The molecule has 2 saturated heterocycles. The van der Waals surface area contributed by atoms with Gasteiger partial charge in [-0.05, 0) is 6.42 Å². The Morgan fingerprint density at radius 2 is 1.03 bits per heavy atom. The van der Waals surface area contributed by atoms with Crippen molar-refractivity contribution in [1.82, 2.24) is 9.80 Å². The number of methoxy groups -OCH3 is 2. The van der Waals surface area contributed by atoms with Crippen LogP contribution in [-0.2, 0) is 47.6 Å². The van der Waals surface area contributed by atoms with Crippen molar-refractivity contribution < 1.29 is 47.6 Å². The first-order valence-corrected chi connectivity index (χ1v) is 11.4. The summed E-state index contributed by atoms with van der Waals surface area (Å²) in [5, 5.41) is 0. The second-order valence-corrected chi connectivity index (χ2v) is 7.31. The van der Waals surface area contributed by atoms with Crippen LogP contribution in [0.3, 0.4) is 0 Å². The molecule has 0 spiro atoms. The highest BCUT2D eigenvalue weighted by atomic mass is 16.5. The molecule has 0 unspecified atom stereocenters. The van der Waals surface area contributed by atoms with Crippen molar-refractivity contribution in [1.29, 1.82) is 0 Å². The zero-order chi connectivity index (χ0) is 25.7. The summed E-state index contributed by atoms with van der Waals surface area (Å²) in [5.41, 5.74) is 0. The summed E-state index contributed by atoms with van der Waals surface area (Å²) >= 11 is 0. The maximum absolute atomic E-state index is 11.2. The van der Waals surface area contributed by atoms with Gasteiger partial charge in [0.05, 0.1) is 47.3 Å². The topological polar surface area (TPSA) is 130 Å². The molecule has 2 aliphatic rings. The highest BCUT2D eigenvalue weighted by molar-refractivity contribution is 5.92. The number of hydrogen-bond acceptors (Lipinski definition) is 12. The monoisotopic (exact) mass is 500 g/mol. The Labute approximate surface area is 205 Å². The first-order valence-electron chi connectivity index (χ1n) is 11.4. The summed E-state index contributed by atoms with van der Waals surface area (Å²) in [6.45, 7) is 8.76. The van der Waals surface area contributed by atoms with Gasteiger partial charge >= 0.3 is 23.9 Å². The molecule has 35 heavy (non-hydrogen) atoms. The highest BCUT2D eigenvalue weighted by Crippen LogP contribution is 1.99. The largest absolute Gasteiger partial charge is 0.466 e. The molecule has 2 rings (SSSR count). The molecule has 12 nitrogen and oxygen atoms in total. The van der Waals surface area contributed by atoms with Crippen LogP contribution < -0.4 is 0 Å². The van der Waals surface area contributed by atoms with Crippen molar-refractivity contribution in [3.63, 3.8) is 0 Å². The Morgan fingerprint density at radius 1 is 0.629 bits per heavy atom. The molecule has 2 heterocycles. The normalized spacial score (nSPS) is 16.9. The van der Waals surface area contributed by atoms with Crippen LogP contribution in [-0.4, -0.2) is 127 Å². The quantitative estimate of drug-likeness (QED) is 0.158. The molecule has 198 valence electrons. The van der Waals surface area contributed by atoms with E-state index in [0.717, 1.165) is 89.9 Å². The molecule has 0 aromatic carbocycles. The van der Waals surface area contributed by atoms with Crippen LogP contribution in [0.1, 0.15) is 6.42 Å². The fourth-order valence-corrected chi connectivity index (χ4v) is 2.89. The van der Waals surface area contributed by atoms with Gasteiger partial charge in [0, 0.05) is 63.6 Å². The van der Waals surface area contributed by atoms with Gasteiger partial charge < -0.3 is 28.4 Å². The Kier molecular flexibility index (Phi) is 16.8. The summed E-state index contributed by atoms with van der Waals surface area (Å²) in [7, 11) is 2.50. The minimum Gasteiger partial charge on any atom is -0.466 e. The van der Waals surface area contributed by atoms with Gasteiger partial charge in [-0.2, -0.15) is 0 Å². The molecule has 0 radical (unpaired) electrons. The van der Waals surface area contributed by atoms with E-state index in [4.69, 9.17) is 18.9 Å². The average Bonchev–Trinajstić information content (AvgIpc) is 2.90. The van der Waals surface area contributed by atoms with Crippen molar-refractivity contribution in [3.05, 3.63) is 24.3 Å². The number of hydrogen-bond donors (Lipinski definition) is 0. The maximum Gasteiger partial charge on any atom is 0.331 e. The van der Waals surface area contributed by atoms with Crippen LogP contribution in [0.2, 0.25) is 0 Å². The summed E-state index contributed by atoms with van der Waals surface area (Å²) in [4.78, 5) is 48.1. The lowest BCUT2D eigenvalue weighted by Gasteiger charge is -2.26. The number of carbonyl (C=O) groups excluding carboxylic acids is 4. The number of carbonyl (C=O) groups is 4. The predicted octanol–water partition coefficient (Wildman–Crippen LogP) is -0.428. The molecule has 0 aromatic rings. The van der Waals surface area contributed by atoms with Gasteiger partial charge in [-0.3, -0.25) is 9.80 Å². The van der Waals surface area contributed by atoms with Gasteiger partial charge in [-0.25, -0.2) is 19.2 Å². The molecule has 2 fully saturated rings. The molecule has 0 aromatic heterocycles. The van der Waals surface area contributed by atoms with Crippen LogP contribution in [0.5, 0.6) is 0 Å². The Bertz CT molecular complexity index is 698. The van der Waals surface area contributed by atoms with E-state index < -0.39 is 23.9 Å². The zero-order valence-corrected chi connectivity index (χ0v) is 20.5. The average molecular weight is 501 g/mol. The molecule has 0 N–H and O–H groups in total. The standard InChI is InChI=1S/C12H19NO5.C11H17NO5/c1-16-11(14)3-4-12(15)18-8-2-5-13-6-9-17-10-7-13;1-15-10(13)2-3-11(14)17-9-6-12-4-7-16-8-5-12/h3-4H,2,5-10H2,1H3;2-3H,4-9H2,1H3/b4-3+;3-2+. The van der Waals surface area contributed by atoms with Gasteiger partial charge in [0.25, 0.3) is 0 Å². The van der Waals surface area contributed by atoms with E-state index in [2.05, 4.69) is 19.3 Å². The molecule has 0 amide bonds. The number of rotatable bonds is 11. The second kappa shape index (κ2) is 19.5. The first-order chi connectivity index (χ1) is 16.9. The van der Waals surface area contributed by atoms with Gasteiger partial charge in [-0.15, -0.1) is 0 Å². The van der Waals surface area contributed by atoms with Gasteiger partial charge in [-0.1, -0.05) is 0 Å². The summed E-state index contributed by atoms with van der Waals surface area (Å²) in [5.74, 6) is -2.21. The van der Waals surface area contributed by atoms with Crippen molar-refractivity contribution in [3.8, 4) is 0 Å². The molecule has 2 aliphatic heterocycles. The third-order valence-electron chi connectivity index (χ3n) is 4.84. The van der Waals surface area contributed by atoms with Gasteiger partial charge in [0.1, 0.15) is 6.61 Å². The Hall–Kier alpha value is -2.80. The van der Waals surface area contributed by atoms with E-state index in [0.29, 0.717) is 19.8 Å². The lowest BCUT2D eigenvalue weighted by atomic mass is 10.3. The molecular formula is C23H36N2O10. The number of esters is 4. The summed E-state index contributed by atoms with van der Waals surface area (Å²) in [6.07, 6.45) is 4.99. The molecule has 0 aliphatic carbocycles. The van der Waals surface area contributed by atoms with Crippen LogP contribution in [0.4, 0.5) is 0 Å². The molecular weight excluding hydrogens is 464 g/mol. The van der Waals surface area contributed by atoms with E-state index in [1.165, 1.54) is 14.2 Å². The lowest BCUT2D eigenvalue weighted by Crippen LogP contribution is -2.38. The molecule has 0 bridgehead atoms. The van der Waals surface area contributed by atoms with Crippen molar-refractivity contribution >= 4 is 23.9 Å². The van der Waals surface area contributed by atoms with E-state index in [1.54, 1.807) is 0 Å². The maximum atomic E-state index is 11.2. The third kappa shape index (κ3) is 16.5. The summed E-state index contributed by atoms with van der Waals surface area (Å²) < 4.78 is 29.0. The smallest absolute Gasteiger partial charge is 0.331 e. The Morgan fingerprint density at radius 3 is 1.49 bits per heavy atom. The molecule has 0 saturated carbocycles. The molecule has 0 atom stereocenters. The number of ether oxygens (including phenoxy) is 6.